The fourth-order valence-corrected chi connectivity index (χ4v) is 7.37. The van der Waals surface area contributed by atoms with Gasteiger partial charge in [0.2, 0.25) is 0 Å². The molecule has 0 fully saturated rings. The van der Waals surface area contributed by atoms with Crippen LogP contribution in [0.4, 0.5) is 0 Å². The Kier molecular flexibility index (Phi) is 8.84. The molecule has 0 unspecified atom stereocenters. The summed E-state index contributed by atoms with van der Waals surface area (Å²) in [7, 11) is 0. The fourth-order valence-electron chi connectivity index (χ4n) is 5.74. The molecule has 242 valence electrons. The van der Waals surface area contributed by atoms with Gasteiger partial charge >= 0.3 is 23.7 Å². The fraction of sp³-hybridized carbons (Fsp3) is 0. The summed E-state index contributed by atoms with van der Waals surface area (Å²) in [5, 5.41) is 4.73. The summed E-state index contributed by atoms with van der Waals surface area (Å²) in [6.45, 7) is 0. The Morgan fingerprint density at radius 1 is 0.360 bits per heavy atom. The second-order valence-electron chi connectivity index (χ2n) is 10.7. The normalized spacial score (nSPS) is 11.8. The number of halogens is 8. The van der Waals surface area contributed by atoms with Crippen molar-refractivity contribution in [2.45, 2.75) is 0 Å². The van der Waals surface area contributed by atoms with Crippen LogP contribution in [-0.4, -0.2) is 29.9 Å². The van der Waals surface area contributed by atoms with E-state index in [2.05, 4.69) is 0 Å². The third-order valence-corrected chi connectivity index (χ3v) is 10.6. The van der Waals surface area contributed by atoms with Gasteiger partial charge in [0.25, 0.3) is 0 Å². The number of nitrogens with zero attached hydrogens (tertiary/aromatic N) is 8. The van der Waals surface area contributed by atoms with Crippen LogP contribution in [0.5, 0.6) is 0 Å². The first kappa shape index (κ1) is 34.2. The van der Waals surface area contributed by atoms with Crippen LogP contribution in [-0.2, 0) is 23.7 Å². The van der Waals surface area contributed by atoms with Crippen molar-refractivity contribution in [3.8, 4) is 45.6 Å². The van der Waals surface area contributed by atoms with Gasteiger partial charge in [-0.15, -0.1) is 0 Å². The number of aromatic nitrogens is 8. The minimum atomic E-state index is 0.205. The third-order valence-electron chi connectivity index (χ3n) is 7.88. The SMILES string of the molecule is Clc1cc2c3nc4nc(nc5[n-]c(nc6nc(nc([n-]3)c2cc1Cl)-c1c(Cl)ccc(Cl)c1-6)c1cc(Cl)c(Cl)cc51)-c1c(Cl)ccc(Cl)c1-4.[O]=[Ti+2]. The van der Waals surface area contributed by atoms with Crippen molar-refractivity contribution < 1.29 is 23.7 Å². The van der Waals surface area contributed by atoms with Gasteiger partial charge in [0.1, 0.15) is 0 Å². The topological polar surface area (TPSA) is 123 Å². The van der Waals surface area contributed by atoms with E-state index in [1.165, 1.54) is 0 Å². The summed E-state index contributed by atoms with van der Waals surface area (Å²) in [5.74, 6) is 0.819. The van der Waals surface area contributed by atoms with E-state index in [0.717, 1.165) is 20.4 Å². The van der Waals surface area contributed by atoms with Crippen molar-refractivity contribution in [2.24, 2.45) is 0 Å². The van der Waals surface area contributed by atoms with Crippen molar-refractivity contribution in [1.29, 1.82) is 0 Å². The van der Waals surface area contributed by atoms with Crippen LogP contribution in [0.25, 0.3) is 89.7 Å². The Bertz CT molecular complexity index is 2460. The van der Waals surface area contributed by atoms with Crippen molar-refractivity contribution in [1.82, 2.24) is 39.9 Å². The van der Waals surface area contributed by atoms with Crippen LogP contribution < -0.4 is 9.97 Å². The molecule has 0 saturated carbocycles. The van der Waals surface area contributed by atoms with E-state index in [1.807, 2.05) is 0 Å². The Morgan fingerprint density at radius 2 is 0.580 bits per heavy atom. The van der Waals surface area contributed by atoms with Crippen molar-refractivity contribution in [3.05, 3.63) is 88.7 Å². The van der Waals surface area contributed by atoms with E-state index >= 15 is 0 Å². The molecule has 0 saturated heterocycles. The molecule has 0 radical (unpaired) electrons. The van der Waals surface area contributed by atoms with Crippen molar-refractivity contribution >= 4 is 137 Å². The number of hydrogen-bond acceptors (Lipinski definition) is 7. The Hall–Kier alpha value is -2.93. The van der Waals surface area contributed by atoms with Gasteiger partial charge in [0, 0.05) is 44.8 Å². The molecule has 18 heteroatoms. The average molecular weight is 852 g/mol. The van der Waals surface area contributed by atoms with Gasteiger partial charge in [-0.2, -0.15) is 0 Å². The van der Waals surface area contributed by atoms with Crippen LogP contribution in [0.3, 0.4) is 0 Å². The van der Waals surface area contributed by atoms with E-state index in [4.69, 9.17) is 136 Å². The second-order valence-corrected chi connectivity index (χ2v) is 13.9. The van der Waals surface area contributed by atoms with E-state index in [0.29, 0.717) is 84.0 Å². The van der Waals surface area contributed by atoms with Crippen LogP contribution in [0, 0.1) is 0 Å². The molecule has 0 atom stereocenters. The number of benzene rings is 4. The third kappa shape index (κ3) is 5.42. The molecule has 50 heavy (non-hydrogen) atoms. The molecule has 5 heterocycles. The molecular formula is C32H8Cl8N8OTi. The van der Waals surface area contributed by atoms with Gasteiger partial charge < -0.3 is 29.9 Å². The first-order valence-electron chi connectivity index (χ1n) is 13.9. The summed E-state index contributed by atoms with van der Waals surface area (Å²) in [6, 6.07) is 13.2. The maximum absolute atomic E-state index is 8.25. The summed E-state index contributed by atoms with van der Waals surface area (Å²) in [5.41, 5.74) is 2.78. The van der Waals surface area contributed by atoms with Crippen molar-refractivity contribution in [3.63, 3.8) is 0 Å². The molecule has 3 aromatic heterocycles. The minimum absolute atomic E-state index is 0.205. The monoisotopic (exact) mass is 848 g/mol. The van der Waals surface area contributed by atoms with E-state index in [1.54, 1.807) is 48.5 Å². The van der Waals surface area contributed by atoms with Crippen LogP contribution in [0.1, 0.15) is 0 Å². The van der Waals surface area contributed by atoms with Gasteiger partial charge in [-0.25, -0.2) is 9.97 Å². The average Bonchev–Trinajstić information content (AvgIpc) is 3.82. The predicted octanol–water partition coefficient (Wildman–Crippen LogP) is 11.2. The molecule has 4 aromatic carbocycles. The van der Waals surface area contributed by atoms with Gasteiger partial charge in [0.05, 0.1) is 63.5 Å². The molecule has 0 N–H and O–H groups in total. The van der Waals surface area contributed by atoms with Crippen LogP contribution >= 0.6 is 92.8 Å². The zero-order valence-corrected chi connectivity index (χ0v) is 31.7. The van der Waals surface area contributed by atoms with E-state index < -0.39 is 0 Å². The summed E-state index contributed by atoms with van der Waals surface area (Å²) < 4.78 is 8.25. The van der Waals surface area contributed by atoms with Gasteiger partial charge in [-0.3, -0.25) is 0 Å². The first-order valence-corrected chi connectivity index (χ1v) is 17.6. The zero-order chi connectivity index (χ0) is 35.2. The molecule has 0 amide bonds. The molecule has 2 aliphatic heterocycles. The maximum atomic E-state index is 8.25. The van der Waals surface area contributed by atoms with Gasteiger partial charge in [-0.1, -0.05) is 92.8 Å². The van der Waals surface area contributed by atoms with Crippen LogP contribution in [0.15, 0.2) is 48.5 Å². The zero-order valence-electron chi connectivity index (χ0n) is 24.1. The standard InChI is InChI=1S/C32H8Cl8N8.O.Ti/c33-13-1-2-14(34)22-21(13)29-43-25-9-5-17(37)18(38)6-10(9)27(41-25)45-31-23-15(35)3-4-16(36)24(23)32(48-31)46-28-12-8-20(40)19(39)7-11(12)26(42-28)44-30(22)47-29;;/h1-8H;;/q-2;;+2. The number of hydrogen-bond donors (Lipinski definition) is 0. The Balaban J connectivity index is 0.00000177. The summed E-state index contributed by atoms with van der Waals surface area (Å²) >= 11 is 53.6. The van der Waals surface area contributed by atoms with Gasteiger partial charge in [0.15, 0.2) is 0 Å². The van der Waals surface area contributed by atoms with Gasteiger partial charge in [-0.05, 0) is 70.1 Å². The number of fused-ring (bicyclic) bond motifs is 20. The van der Waals surface area contributed by atoms with Crippen LogP contribution in [0.2, 0.25) is 40.2 Å². The molecule has 0 aliphatic carbocycles. The molecular weight excluding hydrogens is 844 g/mol. The molecule has 8 bridgehead atoms. The summed E-state index contributed by atoms with van der Waals surface area (Å²) in [6.07, 6.45) is 0. The molecule has 2 aliphatic rings. The Labute approximate surface area is 332 Å². The number of rotatable bonds is 0. The second kappa shape index (κ2) is 12.9. The van der Waals surface area contributed by atoms with E-state index in [-0.39, 0.29) is 45.9 Å². The molecule has 7 aromatic rings. The van der Waals surface area contributed by atoms with E-state index in [9.17, 15) is 0 Å². The molecule has 9 rings (SSSR count). The molecule has 9 nitrogen and oxygen atoms in total. The summed E-state index contributed by atoms with van der Waals surface area (Å²) in [4.78, 5) is 38.5. The Morgan fingerprint density at radius 3 is 0.800 bits per heavy atom. The predicted molar refractivity (Wildman–Crippen MR) is 195 cm³/mol. The van der Waals surface area contributed by atoms with Crippen molar-refractivity contribution in [2.75, 3.05) is 0 Å². The molecule has 0 spiro atoms. The first-order chi connectivity index (χ1) is 24.0. The quantitative estimate of drug-likeness (QED) is 0.137.